The SMILES string of the molecule is Cc1cccc(C)c1OCC(=O)NNC(=O)COc1ccccc1Cl. The molecule has 0 aliphatic rings. The second-order valence-electron chi connectivity index (χ2n) is 5.33. The van der Waals surface area contributed by atoms with Gasteiger partial charge in [-0.3, -0.25) is 20.4 Å². The van der Waals surface area contributed by atoms with E-state index < -0.39 is 11.8 Å². The highest BCUT2D eigenvalue weighted by Crippen LogP contribution is 2.23. The maximum Gasteiger partial charge on any atom is 0.276 e. The molecule has 132 valence electrons. The number of carbonyl (C=O) groups is 2. The van der Waals surface area contributed by atoms with E-state index in [0.29, 0.717) is 16.5 Å². The number of carbonyl (C=O) groups excluding carboxylic acids is 2. The molecule has 0 radical (unpaired) electrons. The summed E-state index contributed by atoms with van der Waals surface area (Å²) >= 11 is 5.92. The summed E-state index contributed by atoms with van der Waals surface area (Å²) < 4.78 is 10.8. The van der Waals surface area contributed by atoms with Gasteiger partial charge in [-0.2, -0.15) is 0 Å². The molecule has 0 aliphatic heterocycles. The molecule has 0 saturated heterocycles. The van der Waals surface area contributed by atoms with Crippen molar-refractivity contribution in [1.82, 2.24) is 10.9 Å². The average molecular weight is 363 g/mol. The van der Waals surface area contributed by atoms with Crippen LogP contribution in [0.1, 0.15) is 11.1 Å². The van der Waals surface area contributed by atoms with Crippen LogP contribution in [0.5, 0.6) is 11.5 Å². The van der Waals surface area contributed by atoms with Crippen molar-refractivity contribution in [2.75, 3.05) is 13.2 Å². The number of nitrogens with one attached hydrogen (secondary N) is 2. The van der Waals surface area contributed by atoms with E-state index in [0.717, 1.165) is 11.1 Å². The summed E-state index contributed by atoms with van der Waals surface area (Å²) in [6, 6.07) is 12.5. The van der Waals surface area contributed by atoms with E-state index in [1.165, 1.54) is 0 Å². The minimum absolute atomic E-state index is 0.211. The standard InChI is InChI=1S/C18H19ClN2O4/c1-12-6-5-7-13(2)18(12)25-11-17(23)21-20-16(22)10-24-15-9-4-3-8-14(15)19/h3-9H,10-11H2,1-2H3,(H,20,22)(H,21,23). The number of benzene rings is 2. The molecular formula is C18H19ClN2O4. The lowest BCUT2D eigenvalue weighted by Gasteiger charge is -2.12. The first-order valence-electron chi connectivity index (χ1n) is 7.61. The third-order valence-electron chi connectivity index (χ3n) is 3.29. The molecule has 0 bridgehead atoms. The molecule has 0 heterocycles. The Kier molecular flexibility index (Phi) is 6.65. The van der Waals surface area contributed by atoms with E-state index in [1.807, 2.05) is 32.0 Å². The molecule has 0 aliphatic carbocycles. The summed E-state index contributed by atoms with van der Waals surface area (Å²) in [5.41, 5.74) is 6.39. The van der Waals surface area contributed by atoms with Crippen molar-refractivity contribution >= 4 is 23.4 Å². The zero-order valence-corrected chi connectivity index (χ0v) is 14.7. The van der Waals surface area contributed by atoms with Crippen LogP contribution < -0.4 is 20.3 Å². The second kappa shape index (κ2) is 8.94. The van der Waals surface area contributed by atoms with Crippen LogP contribution in [-0.2, 0) is 9.59 Å². The fourth-order valence-corrected chi connectivity index (χ4v) is 2.27. The molecule has 6 nitrogen and oxygen atoms in total. The minimum atomic E-state index is -0.514. The Labute approximate surface area is 151 Å². The summed E-state index contributed by atoms with van der Waals surface area (Å²) in [5.74, 6) is 0.0594. The highest BCUT2D eigenvalue weighted by Gasteiger charge is 2.09. The van der Waals surface area contributed by atoms with Crippen molar-refractivity contribution in [3.8, 4) is 11.5 Å². The van der Waals surface area contributed by atoms with Crippen LogP contribution in [0.25, 0.3) is 0 Å². The van der Waals surface area contributed by atoms with Crippen LogP contribution >= 0.6 is 11.6 Å². The van der Waals surface area contributed by atoms with E-state index in [2.05, 4.69) is 10.9 Å². The van der Waals surface area contributed by atoms with Gasteiger partial charge in [0.2, 0.25) is 0 Å². The normalized spacial score (nSPS) is 10.0. The van der Waals surface area contributed by atoms with Gasteiger partial charge in [-0.1, -0.05) is 41.9 Å². The third-order valence-corrected chi connectivity index (χ3v) is 3.61. The summed E-state index contributed by atoms with van der Waals surface area (Å²) in [4.78, 5) is 23.4. The molecule has 2 aromatic carbocycles. The fourth-order valence-electron chi connectivity index (χ4n) is 2.08. The lowest BCUT2D eigenvalue weighted by molar-refractivity contribution is -0.131. The topological polar surface area (TPSA) is 76.7 Å². The monoisotopic (exact) mass is 362 g/mol. The van der Waals surface area contributed by atoms with Crippen LogP contribution in [-0.4, -0.2) is 25.0 Å². The molecule has 0 aromatic heterocycles. The molecular weight excluding hydrogens is 344 g/mol. The summed E-state index contributed by atoms with van der Waals surface area (Å²) in [6.07, 6.45) is 0. The molecule has 2 aromatic rings. The van der Waals surface area contributed by atoms with Crippen molar-refractivity contribution in [2.45, 2.75) is 13.8 Å². The van der Waals surface area contributed by atoms with E-state index in [1.54, 1.807) is 24.3 Å². The van der Waals surface area contributed by atoms with Crippen molar-refractivity contribution in [3.63, 3.8) is 0 Å². The van der Waals surface area contributed by atoms with Gasteiger partial charge in [0.25, 0.3) is 11.8 Å². The van der Waals surface area contributed by atoms with Gasteiger partial charge >= 0.3 is 0 Å². The Morgan fingerprint density at radius 1 is 0.880 bits per heavy atom. The number of para-hydroxylation sites is 2. The zero-order chi connectivity index (χ0) is 18.2. The van der Waals surface area contributed by atoms with Gasteiger partial charge in [0.1, 0.15) is 11.5 Å². The smallest absolute Gasteiger partial charge is 0.276 e. The van der Waals surface area contributed by atoms with E-state index in [-0.39, 0.29) is 13.2 Å². The maximum atomic E-state index is 11.8. The minimum Gasteiger partial charge on any atom is -0.483 e. The number of ether oxygens (including phenoxy) is 2. The van der Waals surface area contributed by atoms with Crippen molar-refractivity contribution < 1.29 is 19.1 Å². The summed E-state index contributed by atoms with van der Waals surface area (Å²) in [5, 5.41) is 0.404. The molecule has 0 atom stereocenters. The number of halogens is 1. The van der Waals surface area contributed by atoms with Gasteiger partial charge < -0.3 is 9.47 Å². The van der Waals surface area contributed by atoms with Crippen LogP contribution in [0.2, 0.25) is 5.02 Å². The number of rotatable bonds is 6. The van der Waals surface area contributed by atoms with Crippen LogP contribution in [0.3, 0.4) is 0 Å². The lowest BCUT2D eigenvalue weighted by atomic mass is 10.1. The number of hydrogen-bond donors (Lipinski definition) is 2. The average Bonchev–Trinajstić information content (AvgIpc) is 2.59. The highest BCUT2D eigenvalue weighted by atomic mass is 35.5. The molecule has 0 fully saturated rings. The number of hydrogen-bond acceptors (Lipinski definition) is 4. The predicted molar refractivity (Wildman–Crippen MR) is 94.6 cm³/mol. The molecule has 2 rings (SSSR count). The van der Waals surface area contributed by atoms with Crippen LogP contribution in [0.15, 0.2) is 42.5 Å². The fraction of sp³-hybridized carbons (Fsp3) is 0.222. The molecule has 7 heteroatoms. The maximum absolute atomic E-state index is 11.8. The first-order chi connectivity index (χ1) is 12.0. The molecule has 2 amide bonds. The van der Waals surface area contributed by atoms with E-state index >= 15 is 0 Å². The molecule has 0 spiro atoms. The molecule has 2 N–H and O–H groups in total. The van der Waals surface area contributed by atoms with E-state index in [9.17, 15) is 9.59 Å². The van der Waals surface area contributed by atoms with Gasteiger partial charge in [0.15, 0.2) is 13.2 Å². The van der Waals surface area contributed by atoms with Crippen LogP contribution in [0.4, 0.5) is 0 Å². The summed E-state index contributed by atoms with van der Waals surface area (Å²) in [7, 11) is 0. The van der Waals surface area contributed by atoms with Crippen molar-refractivity contribution in [2.24, 2.45) is 0 Å². The number of amides is 2. The number of hydrazine groups is 1. The first kappa shape index (κ1) is 18.6. The van der Waals surface area contributed by atoms with Gasteiger partial charge in [-0.25, -0.2) is 0 Å². The zero-order valence-electron chi connectivity index (χ0n) is 14.0. The van der Waals surface area contributed by atoms with Gasteiger partial charge in [-0.15, -0.1) is 0 Å². The lowest BCUT2D eigenvalue weighted by Crippen LogP contribution is -2.45. The summed E-state index contributed by atoms with van der Waals surface area (Å²) in [6.45, 7) is 3.31. The molecule has 0 unspecified atom stereocenters. The van der Waals surface area contributed by atoms with Gasteiger partial charge in [0.05, 0.1) is 5.02 Å². The molecule has 0 saturated carbocycles. The van der Waals surface area contributed by atoms with Crippen molar-refractivity contribution in [3.05, 3.63) is 58.6 Å². The van der Waals surface area contributed by atoms with Gasteiger partial charge in [-0.05, 0) is 37.1 Å². The third kappa shape index (κ3) is 5.69. The van der Waals surface area contributed by atoms with Crippen molar-refractivity contribution in [1.29, 1.82) is 0 Å². The van der Waals surface area contributed by atoms with Gasteiger partial charge in [0, 0.05) is 0 Å². The Balaban J connectivity index is 1.72. The second-order valence-corrected chi connectivity index (χ2v) is 5.73. The predicted octanol–water partition coefficient (Wildman–Crippen LogP) is 2.56. The Hall–Kier alpha value is -2.73. The largest absolute Gasteiger partial charge is 0.483 e. The Bertz CT molecular complexity index is 744. The van der Waals surface area contributed by atoms with E-state index in [4.69, 9.17) is 21.1 Å². The molecule has 25 heavy (non-hydrogen) atoms. The quantitative estimate of drug-likeness (QED) is 0.774. The first-order valence-corrected chi connectivity index (χ1v) is 7.99. The highest BCUT2D eigenvalue weighted by molar-refractivity contribution is 6.32. The Morgan fingerprint density at radius 3 is 2.04 bits per heavy atom. The van der Waals surface area contributed by atoms with Crippen LogP contribution in [0, 0.1) is 13.8 Å². The Morgan fingerprint density at radius 2 is 1.44 bits per heavy atom. The number of aryl methyl sites for hydroxylation is 2.